The van der Waals surface area contributed by atoms with Crippen LogP contribution in [0.15, 0.2) is 209 Å². The molecule has 62 heavy (non-hydrogen) atoms. The van der Waals surface area contributed by atoms with Crippen molar-refractivity contribution in [1.29, 1.82) is 0 Å². The highest BCUT2D eigenvalue weighted by atomic mass is 16.3. The van der Waals surface area contributed by atoms with Crippen LogP contribution in [0, 0.1) is 0 Å². The van der Waals surface area contributed by atoms with E-state index in [2.05, 4.69) is 170 Å². The van der Waals surface area contributed by atoms with Crippen molar-refractivity contribution in [1.82, 2.24) is 15.0 Å². The highest BCUT2D eigenvalue weighted by Gasteiger charge is 2.20. The summed E-state index contributed by atoms with van der Waals surface area (Å²) < 4.78 is 13.0. The Bertz CT molecular complexity index is 3930. The molecule has 0 amide bonds. The molecule has 0 N–H and O–H groups in total. The summed E-state index contributed by atoms with van der Waals surface area (Å²) in [6, 6.07) is 70.0. The van der Waals surface area contributed by atoms with Gasteiger partial charge < -0.3 is 8.83 Å². The van der Waals surface area contributed by atoms with Gasteiger partial charge in [-0.1, -0.05) is 158 Å². The van der Waals surface area contributed by atoms with Crippen molar-refractivity contribution in [2.45, 2.75) is 0 Å². The average molecular weight is 792 g/mol. The molecule has 13 aromatic rings. The van der Waals surface area contributed by atoms with Gasteiger partial charge in [0.15, 0.2) is 17.5 Å². The summed E-state index contributed by atoms with van der Waals surface area (Å²) in [4.78, 5) is 15.6. The number of furan rings is 2. The van der Waals surface area contributed by atoms with Crippen molar-refractivity contribution in [3.63, 3.8) is 0 Å². The zero-order valence-corrected chi connectivity index (χ0v) is 33.2. The van der Waals surface area contributed by atoms with E-state index in [1.54, 1.807) is 0 Å². The standard InChI is InChI=1S/C57H33N3O2/c1-2-13-38-29-41(28-23-34(38)11-1)56-58-55(59-57(60-56)46-20-10-22-50-53(46)45-18-7-8-21-49(45)61-50)37-26-24-36(25-27-37)47-31-42(44-19-9-16-35-12-5-6-17-43(35)44)33-52-54(47)48-30-39-14-3-4-15-40(39)32-51(48)62-52/h1-33H. The van der Waals surface area contributed by atoms with E-state index in [-0.39, 0.29) is 0 Å². The maximum atomic E-state index is 6.74. The van der Waals surface area contributed by atoms with Crippen molar-refractivity contribution in [2.75, 3.05) is 0 Å². The van der Waals surface area contributed by atoms with Crippen LogP contribution in [0.3, 0.4) is 0 Å². The first-order valence-corrected chi connectivity index (χ1v) is 20.8. The Labute approximate surface area is 355 Å². The lowest BCUT2D eigenvalue weighted by Gasteiger charge is -2.12. The van der Waals surface area contributed by atoms with E-state index < -0.39 is 0 Å². The second kappa shape index (κ2) is 13.6. The molecule has 0 bridgehead atoms. The number of fused-ring (bicyclic) bond motifs is 9. The van der Waals surface area contributed by atoms with E-state index in [9.17, 15) is 0 Å². The van der Waals surface area contributed by atoms with Gasteiger partial charge in [0, 0.05) is 38.2 Å². The number of nitrogens with zero attached hydrogens (tertiary/aromatic N) is 3. The Hall–Kier alpha value is -8.41. The van der Waals surface area contributed by atoms with Crippen molar-refractivity contribution in [3.8, 4) is 56.4 Å². The van der Waals surface area contributed by atoms with Gasteiger partial charge >= 0.3 is 0 Å². The molecule has 13 rings (SSSR count). The van der Waals surface area contributed by atoms with Gasteiger partial charge in [-0.15, -0.1) is 0 Å². The van der Waals surface area contributed by atoms with Crippen LogP contribution < -0.4 is 0 Å². The minimum Gasteiger partial charge on any atom is -0.456 e. The molecule has 0 spiro atoms. The molecule has 0 aliphatic heterocycles. The van der Waals surface area contributed by atoms with E-state index in [1.807, 2.05) is 30.3 Å². The van der Waals surface area contributed by atoms with Gasteiger partial charge in [-0.05, 0) is 97.0 Å². The highest BCUT2D eigenvalue weighted by molar-refractivity contribution is 6.17. The maximum absolute atomic E-state index is 6.74. The average Bonchev–Trinajstić information content (AvgIpc) is 3.90. The van der Waals surface area contributed by atoms with Crippen LogP contribution in [0.2, 0.25) is 0 Å². The molecule has 0 saturated heterocycles. The predicted molar refractivity (Wildman–Crippen MR) is 254 cm³/mol. The first-order valence-electron chi connectivity index (χ1n) is 20.8. The zero-order valence-electron chi connectivity index (χ0n) is 33.2. The fourth-order valence-electron chi connectivity index (χ4n) is 9.29. The van der Waals surface area contributed by atoms with Gasteiger partial charge in [-0.25, -0.2) is 15.0 Å². The van der Waals surface area contributed by atoms with Gasteiger partial charge in [0.25, 0.3) is 0 Å². The third-order valence-corrected chi connectivity index (χ3v) is 12.3. The number of benzene rings is 10. The fourth-order valence-corrected chi connectivity index (χ4v) is 9.29. The number of hydrogen-bond donors (Lipinski definition) is 0. The van der Waals surface area contributed by atoms with Crippen LogP contribution in [0.4, 0.5) is 0 Å². The molecule has 0 saturated carbocycles. The van der Waals surface area contributed by atoms with Crippen LogP contribution in [0.1, 0.15) is 0 Å². The molecule has 288 valence electrons. The van der Waals surface area contributed by atoms with Crippen LogP contribution in [-0.2, 0) is 0 Å². The summed E-state index contributed by atoms with van der Waals surface area (Å²) >= 11 is 0. The Morgan fingerprint density at radius 3 is 1.66 bits per heavy atom. The maximum Gasteiger partial charge on any atom is 0.164 e. The SMILES string of the molecule is c1ccc2cc(-c3nc(-c4ccc(-c5cc(-c6cccc7ccccc67)cc6oc7cc8ccccc8cc7c56)cc4)nc(-c4cccc5oc6ccccc6c45)n3)ccc2c1. The molecule has 0 fully saturated rings. The second-order valence-corrected chi connectivity index (χ2v) is 15.9. The normalized spacial score (nSPS) is 11.9. The number of rotatable bonds is 5. The minimum atomic E-state index is 0.584. The van der Waals surface area contributed by atoms with Crippen molar-refractivity contribution in [2.24, 2.45) is 0 Å². The molecule has 5 heteroatoms. The van der Waals surface area contributed by atoms with Gasteiger partial charge in [0.05, 0.1) is 0 Å². The van der Waals surface area contributed by atoms with Crippen LogP contribution in [-0.4, -0.2) is 15.0 Å². The summed E-state index contributed by atoms with van der Waals surface area (Å²) in [6.45, 7) is 0. The molecule has 3 aromatic heterocycles. The summed E-state index contributed by atoms with van der Waals surface area (Å²) in [7, 11) is 0. The lowest BCUT2D eigenvalue weighted by atomic mass is 9.91. The molecule has 0 atom stereocenters. The molecule has 3 heterocycles. The molecule has 5 nitrogen and oxygen atoms in total. The largest absolute Gasteiger partial charge is 0.456 e. The lowest BCUT2D eigenvalue weighted by Crippen LogP contribution is -2.00. The summed E-state index contributed by atoms with van der Waals surface area (Å²) in [6.07, 6.45) is 0. The molecule has 0 aliphatic rings. The summed E-state index contributed by atoms with van der Waals surface area (Å²) in [5.74, 6) is 1.77. The van der Waals surface area contributed by atoms with Gasteiger partial charge in [-0.2, -0.15) is 0 Å². The van der Waals surface area contributed by atoms with E-state index in [0.29, 0.717) is 17.5 Å². The van der Waals surface area contributed by atoms with Gasteiger partial charge in [0.1, 0.15) is 22.3 Å². The highest BCUT2D eigenvalue weighted by Crippen LogP contribution is 2.43. The van der Waals surface area contributed by atoms with E-state index >= 15 is 0 Å². The quantitative estimate of drug-likeness (QED) is 0.174. The Balaban J connectivity index is 1.01. The molecular weight excluding hydrogens is 759 g/mol. The van der Waals surface area contributed by atoms with Crippen molar-refractivity contribution in [3.05, 3.63) is 200 Å². The number of aromatic nitrogens is 3. The molecule has 0 aliphatic carbocycles. The number of hydrogen-bond acceptors (Lipinski definition) is 5. The molecule has 0 unspecified atom stereocenters. The van der Waals surface area contributed by atoms with Crippen molar-refractivity contribution < 1.29 is 8.83 Å². The van der Waals surface area contributed by atoms with Crippen LogP contribution in [0.5, 0.6) is 0 Å². The second-order valence-electron chi connectivity index (χ2n) is 15.9. The Morgan fingerprint density at radius 2 is 0.823 bits per heavy atom. The van der Waals surface area contributed by atoms with Crippen LogP contribution >= 0.6 is 0 Å². The third-order valence-electron chi connectivity index (χ3n) is 12.3. The Kier molecular flexibility index (Phi) is 7.54. The predicted octanol–water partition coefficient (Wildman–Crippen LogP) is 15.5. The zero-order chi connectivity index (χ0) is 40.7. The molecule has 10 aromatic carbocycles. The van der Waals surface area contributed by atoms with Gasteiger partial charge in [-0.3, -0.25) is 0 Å². The number of para-hydroxylation sites is 1. The first kappa shape index (κ1) is 34.5. The first-order chi connectivity index (χ1) is 30.7. The topological polar surface area (TPSA) is 65.0 Å². The summed E-state index contributed by atoms with van der Waals surface area (Å²) in [5, 5.41) is 11.2. The van der Waals surface area contributed by atoms with E-state index in [4.69, 9.17) is 23.8 Å². The lowest BCUT2D eigenvalue weighted by molar-refractivity contribution is 0.669. The molecule has 0 radical (unpaired) electrons. The third kappa shape index (κ3) is 5.52. The van der Waals surface area contributed by atoms with Gasteiger partial charge in [0.2, 0.25) is 0 Å². The summed E-state index contributed by atoms with van der Waals surface area (Å²) in [5.41, 5.74) is 10.4. The van der Waals surface area contributed by atoms with Crippen molar-refractivity contribution >= 4 is 76.2 Å². The molecular formula is C57H33N3O2. The monoisotopic (exact) mass is 791 g/mol. The Morgan fingerprint density at radius 1 is 0.258 bits per heavy atom. The van der Waals surface area contributed by atoms with Crippen LogP contribution in [0.25, 0.3) is 133 Å². The fraction of sp³-hybridized carbons (Fsp3) is 0. The van der Waals surface area contributed by atoms with E-state index in [1.165, 1.54) is 16.2 Å². The smallest absolute Gasteiger partial charge is 0.164 e. The van der Waals surface area contributed by atoms with E-state index in [0.717, 1.165) is 99.0 Å². The minimum absolute atomic E-state index is 0.584.